The molecule has 0 saturated carbocycles. The number of rotatable bonds is 13. The van der Waals surface area contributed by atoms with Gasteiger partial charge in [-0.05, 0) is 48.7 Å². The molecule has 0 spiro atoms. The molecule has 5 heterocycles. The summed E-state index contributed by atoms with van der Waals surface area (Å²) in [5.74, 6) is -0.812. The quantitative estimate of drug-likeness (QED) is 0.122. The van der Waals surface area contributed by atoms with Crippen LogP contribution in [-0.4, -0.2) is 83.2 Å². The Hall–Kier alpha value is -5.59. The monoisotopic (exact) mass is 646 g/mol. The summed E-state index contributed by atoms with van der Waals surface area (Å²) in [5, 5.41) is 8.07. The fraction of sp³-hybridized carbons (Fsp3) is 0.250. The number of carbonyl (C=O) groups excluding carboxylic acids is 3. The second-order valence-corrected chi connectivity index (χ2v) is 11.5. The summed E-state index contributed by atoms with van der Waals surface area (Å²) >= 11 is 0. The molecule has 1 saturated heterocycles. The molecule has 0 radical (unpaired) electrons. The van der Waals surface area contributed by atoms with Crippen LogP contribution in [0.2, 0.25) is 0 Å². The molecule has 7 rings (SSSR count). The first-order valence-electron chi connectivity index (χ1n) is 15.8. The summed E-state index contributed by atoms with van der Waals surface area (Å²) in [6, 6.07) is 16.3. The maximum absolute atomic E-state index is 13.2. The van der Waals surface area contributed by atoms with Crippen molar-refractivity contribution < 1.29 is 28.6 Å². The zero-order valence-electron chi connectivity index (χ0n) is 26.2. The molecule has 1 atom stereocenters. The van der Waals surface area contributed by atoms with E-state index in [1.54, 1.807) is 30.6 Å². The molecule has 12 nitrogen and oxygen atoms in total. The van der Waals surface area contributed by atoms with Crippen molar-refractivity contribution in [3.05, 3.63) is 96.6 Å². The van der Waals surface area contributed by atoms with E-state index in [1.807, 2.05) is 24.4 Å². The van der Waals surface area contributed by atoms with E-state index in [0.29, 0.717) is 69.7 Å². The van der Waals surface area contributed by atoms with Crippen LogP contribution >= 0.6 is 0 Å². The predicted molar refractivity (Wildman–Crippen MR) is 180 cm³/mol. The number of ether oxygens (including phenoxy) is 3. The number of amides is 3. The second-order valence-electron chi connectivity index (χ2n) is 11.5. The van der Waals surface area contributed by atoms with Crippen LogP contribution in [-0.2, 0) is 14.3 Å². The number of aromatic amines is 1. The Labute approximate surface area is 276 Å². The SMILES string of the molecule is C=C1CCC(N2C(=O)c3cccc(NCCOCCOCCOc4ccc(-c5ccc6c(c5)[nH]c5ccncc56)cn4)c3C2=O)C(=O)N1. The van der Waals surface area contributed by atoms with E-state index < -0.39 is 23.8 Å². The maximum atomic E-state index is 13.2. The molecule has 2 aliphatic rings. The van der Waals surface area contributed by atoms with Gasteiger partial charge in [-0.3, -0.25) is 24.3 Å². The molecule has 2 aromatic carbocycles. The van der Waals surface area contributed by atoms with Crippen molar-refractivity contribution in [2.24, 2.45) is 0 Å². The fourth-order valence-electron chi connectivity index (χ4n) is 6.09. The number of benzene rings is 2. The van der Waals surface area contributed by atoms with E-state index in [9.17, 15) is 14.4 Å². The van der Waals surface area contributed by atoms with Crippen LogP contribution in [0.4, 0.5) is 5.69 Å². The molecule has 3 aromatic heterocycles. The molecule has 5 aromatic rings. The Kier molecular flexibility index (Phi) is 8.82. The number of H-pyrrole nitrogens is 1. The highest BCUT2D eigenvalue weighted by molar-refractivity contribution is 6.25. The number of carbonyl (C=O) groups is 3. The Morgan fingerprint density at radius 1 is 0.875 bits per heavy atom. The maximum Gasteiger partial charge on any atom is 0.264 e. The first kappa shape index (κ1) is 31.0. The molecule has 1 fully saturated rings. The van der Waals surface area contributed by atoms with Gasteiger partial charge in [-0.25, -0.2) is 4.98 Å². The van der Waals surface area contributed by atoms with Gasteiger partial charge in [-0.15, -0.1) is 0 Å². The highest BCUT2D eigenvalue weighted by Gasteiger charge is 2.45. The molecule has 0 aliphatic carbocycles. The number of fused-ring (bicyclic) bond motifs is 4. The van der Waals surface area contributed by atoms with Crippen molar-refractivity contribution in [1.82, 2.24) is 25.2 Å². The lowest BCUT2D eigenvalue weighted by Crippen LogP contribution is -2.51. The first-order chi connectivity index (χ1) is 23.5. The van der Waals surface area contributed by atoms with Crippen molar-refractivity contribution in [2.75, 3.05) is 44.9 Å². The van der Waals surface area contributed by atoms with Crippen LogP contribution in [0.1, 0.15) is 33.6 Å². The molecular weight excluding hydrogens is 612 g/mol. The summed E-state index contributed by atoms with van der Waals surface area (Å²) in [7, 11) is 0. The Morgan fingerprint density at radius 2 is 1.71 bits per heavy atom. The van der Waals surface area contributed by atoms with Crippen LogP contribution in [0, 0.1) is 0 Å². The fourth-order valence-corrected chi connectivity index (χ4v) is 6.09. The van der Waals surface area contributed by atoms with E-state index in [4.69, 9.17) is 14.2 Å². The molecule has 0 bridgehead atoms. The minimum absolute atomic E-state index is 0.275. The minimum atomic E-state index is -0.849. The Balaban J connectivity index is 0.803. The van der Waals surface area contributed by atoms with Crippen LogP contribution in [0.25, 0.3) is 32.9 Å². The number of hydrogen-bond acceptors (Lipinski definition) is 9. The van der Waals surface area contributed by atoms with E-state index in [1.165, 1.54) is 0 Å². The van der Waals surface area contributed by atoms with Crippen molar-refractivity contribution in [3.63, 3.8) is 0 Å². The highest BCUT2D eigenvalue weighted by atomic mass is 16.5. The van der Waals surface area contributed by atoms with Gasteiger partial charge in [0, 0.05) is 70.0 Å². The molecule has 2 aliphatic heterocycles. The van der Waals surface area contributed by atoms with Gasteiger partial charge in [-0.1, -0.05) is 24.8 Å². The molecule has 1 unspecified atom stereocenters. The molecule has 244 valence electrons. The predicted octanol–water partition coefficient (Wildman–Crippen LogP) is 4.69. The lowest BCUT2D eigenvalue weighted by Gasteiger charge is -2.29. The summed E-state index contributed by atoms with van der Waals surface area (Å²) in [5.41, 5.74) is 5.82. The number of aromatic nitrogens is 3. The normalized spacial score (nSPS) is 16.1. The summed E-state index contributed by atoms with van der Waals surface area (Å²) in [4.78, 5) is 51.9. The van der Waals surface area contributed by atoms with Gasteiger partial charge in [-0.2, -0.15) is 0 Å². The van der Waals surface area contributed by atoms with Crippen LogP contribution < -0.4 is 15.4 Å². The van der Waals surface area contributed by atoms with Gasteiger partial charge in [0.2, 0.25) is 11.8 Å². The largest absolute Gasteiger partial charge is 0.475 e. The molecular formula is C36H34N6O6. The third-order valence-electron chi connectivity index (χ3n) is 8.46. The van der Waals surface area contributed by atoms with Crippen LogP contribution in [0.3, 0.4) is 0 Å². The number of nitrogens with zero attached hydrogens (tertiary/aromatic N) is 3. The number of allylic oxidation sites excluding steroid dienone is 1. The van der Waals surface area contributed by atoms with Crippen molar-refractivity contribution in [1.29, 1.82) is 0 Å². The lowest BCUT2D eigenvalue weighted by atomic mass is 10.0. The smallest absolute Gasteiger partial charge is 0.264 e. The Bertz CT molecular complexity index is 2020. The van der Waals surface area contributed by atoms with Crippen molar-refractivity contribution >= 4 is 45.2 Å². The van der Waals surface area contributed by atoms with E-state index in [0.717, 1.165) is 37.8 Å². The van der Waals surface area contributed by atoms with E-state index in [-0.39, 0.29) is 11.1 Å². The van der Waals surface area contributed by atoms with Crippen LogP contribution in [0.5, 0.6) is 5.88 Å². The van der Waals surface area contributed by atoms with Gasteiger partial charge in [0.05, 0.1) is 37.6 Å². The van der Waals surface area contributed by atoms with Gasteiger partial charge in [0.25, 0.3) is 11.8 Å². The average molecular weight is 647 g/mol. The average Bonchev–Trinajstić information content (AvgIpc) is 3.60. The number of hydrogen-bond donors (Lipinski definition) is 3. The topological polar surface area (TPSA) is 148 Å². The van der Waals surface area contributed by atoms with Crippen molar-refractivity contribution in [2.45, 2.75) is 18.9 Å². The zero-order valence-corrected chi connectivity index (χ0v) is 26.2. The third-order valence-corrected chi connectivity index (χ3v) is 8.46. The number of piperidine rings is 1. The molecule has 3 N–H and O–H groups in total. The molecule has 12 heteroatoms. The molecule has 3 amide bonds. The van der Waals surface area contributed by atoms with Gasteiger partial charge in [0.1, 0.15) is 12.6 Å². The van der Waals surface area contributed by atoms with Gasteiger partial charge < -0.3 is 29.8 Å². The van der Waals surface area contributed by atoms with E-state index >= 15 is 0 Å². The lowest BCUT2D eigenvalue weighted by molar-refractivity contribution is -0.125. The summed E-state index contributed by atoms with van der Waals surface area (Å²) in [6.07, 6.45) is 6.31. The minimum Gasteiger partial charge on any atom is -0.475 e. The van der Waals surface area contributed by atoms with Crippen molar-refractivity contribution in [3.8, 4) is 17.0 Å². The Morgan fingerprint density at radius 3 is 2.54 bits per heavy atom. The van der Waals surface area contributed by atoms with Gasteiger partial charge in [0.15, 0.2) is 0 Å². The number of nitrogens with one attached hydrogen (secondary N) is 3. The van der Waals surface area contributed by atoms with Crippen LogP contribution in [0.15, 0.2) is 85.5 Å². The summed E-state index contributed by atoms with van der Waals surface area (Å²) in [6.45, 7) is 6.05. The van der Waals surface area contributed by atoms with E-state index in [2.05, 4.69) is 50.4 Å². The number of anilines is 1. The highest BCUT2D eigenvalue weighted by Crippen LogP contribution is 2.33. The number of pyridine rings is 2. The summed E-state index contributed by atoms with van der Waals surface area (Å²) < 4.78 is 17.0. The molecule has 48 heavy (non-hydrogen) atoms. The second kappa shape index (κ2) is 13.6. The van der Waals surface area contributed by atoms with Gasteiger partial charge >= 0.3 is 0 Å². The third kappa shape index (κ3) is 6.23. The number of imide groups is 1. The first-order valence-corrected chi connectivity index (χ1v) is 15.8. The standard InChI is InChI=1S/C36H34N6O6/c1-22-5-9-31(34(43)40-22)42-35(44)26-3-2-4-29(33(26)36(42)45)38-13-14-46-15-16-47-17-18-48-32-10-7-24(20-39-32)23-6-8-25-27-21-37-12-11-28(27)41-30(25)19-23/h2-4,6-8,10-12,19-21,31,38,41H,1,5,9,13-18H2,(H,40,43). The zero-order chi connectivity index (χ0) is 33.0.